The minimum absolute atomic E-state index is 0.107. The SMILES string of the molecule is CCc1ccc(CC(=O)c2cccc(Br)c2C)nc1. The Labute approximate surface area is 122 Å². The number of rotatable bonds is 4. The van der Waals surface area contributed by atoms with E-state index in [1.807, 2.05) is 43.5 Å². The maximum absolute atomic E-state index is 12.3. The third-order valence-electron chi connectivity index (χ3n) is 3.20. The van der Waals surface area contributed by atoms with E-state index in [-0.39, 0.29) is 5.78 Å². The van der Waals surface area contributed by atoms with Crippen LogP contribution in [0.25, 0.3) is 0 Å². The van der Waals surface area contributed by atoms with Crippen LogP contribution in [0.4, 0.5) is 0 Å². The number of carbonyl (C=O) groups excluding carboxylic acids is 1. The van der Waals surface area contributed by atoms with Gasteiger partial charge in [-0.3, -0.25) is 9.78 Å². The third-order valence-corrected chi connectivity index (χ3v) is 4.06. The molecule has 0 unspecified atom stereocenters. The average molecular weight is 318 g/mol. The molecule has 0 bridgehead atoms. The van der Waals surface area contributed by atoms with Gasteiger partial charge in [0.25, 0.3) is 0 Å². The van der Waals surface area contributed by atoms with E-state index in [1.54, 1.807) is 0 Å². The monoisotopic (exact) mass is 317 g/mol. The lowest BCUT2D eigenvalue weighted by Crippen LogP contribution is -2.07. The number of hydrogen-bond donors (Lipinski definition) is 0. The van der Waals surface area contributed by atoms with Gasteiger partial charge in [-0.2, -0.15) is 0 Å². The van der Waals surface area contributed by atoms with Crippen molar-refractivity contribution in [1.29, 1.82) is 0 Å². The fourth-order valence-corrected chi connectivity index (χ4v) is 2.30. The number of pyridine rings is 1. The number of Topliss-reactive ketones (excluding diaryl/α,β-unsaturated/α-hetero) is 1. The molecule has 0 spiro atoms. The number of benzene rings is 1. The van der Waals surface area contributed by atoms with E-state index in [0.717, 1.165) is 27.7 Å². The van der Waals surface area contributed by atoms with Gasteiger partial charge >= 0.3 is 0 Å². The largest absolute Gasteiger partial charge is 0.294 e. The van der Waals surface area contributed by atoms with Crippen LogP contribution in [0.5, 0.6) is 0 Å². The minimum Gasteiger partial charge on any atom is -0.294 e. The first kappa shape index (κ1) is 13.9. The van der Waals surface area contributed by atoms with E-state index in [4.69, 9.17) is 0 Å². The standard InChI is InChI=1S/C16H16BrNO/c1-3-12-7-8-13(18-10-12)9-16(19)14-5-4-6-15(17)11(14)2/h4-8,10H,3,9H2,1-2H3. The smallest absolute Gasteiger partial charge is 0.169 e. The molecule has 0 radical (unpaired) electrons. The topological polar surface area (TPSA) is 30.0 Å². The molecule has 0 aliphatic carbocycles. The van der Waals surface area contributed by atoms with Gasteiger partial charge in [-0.25, -0.2) is 0 Å². The summed E-state index contributed by atoms with van der Waals surface area (Å²) in [5.41, 5.74) is 3.75. The molecule has 0 atom stereocenters. The molecule has 0 amide bonds. The van der Waals surface area contributed by atoms with Crippen LogP contribution in [0.1, 0.15) is 34.1 Å². The zero-order valence-electron chi connectivity index (χ0n) is 11.1. The maximum Gasteiger partial charge on any atom is 0.169 e. The second-order valence-corrected chi connectivity index (χ2v) is 5.38. The molecule has 2 rings (SSSR count). The quantitative estimate of drug-likeness (QED) is 0.793. The Kier molecular flexibility index (Phi) is 4.48. The lowest BCUT2D eigenvalue weighted by atomic mass is 10.0. The summed E-state index contributed by atoms with van der Waals surface area (Å²) < 4.78 is 0.965. The predicted molar refractivity (Wildman–Crippen MR) is 80.5 cm³/mol. The number of aryl methyl sites for hydroxylation is 1. The molecule has 0 aliphatic rings. The number of carbonyl (C=O) groups is 1. The van der Waals surface area contributed by atoms with Crippen molar-refractivity contribution in [2.75, 3.05) is 0 Å². The predicted octanol–water partition coefficient (Wildman–Crippen LogP) is 4.14. The summed E-state index contributed by atoms with van der Waals surface area (Å²) in [5, 5.41) is 0. The van der Waals surface area contributed by atoms with Crippen molar-refractivity contribution < 1.29 is 4.79 Å². The number of ketones is 1. The van der Waals surface area contributed by atoms with Gasteiger partial charge in [0.2, 0.25) is 0 Å². The van der Waals surface area contributed by atoms with Crippen LogP contribution in [0.15, 0.2) is 41.0 Å². The van der Waals surface area contributed by atoms with Crippen molar-refractivity contribution in [2.24, 2.45) is 0 Å². The highest BCUT2D eigenvalue weighted by Gasteiger charge is 2.12. The highest BCUT2D eigenvalue weighted by molar-refractivity contribution is 9.10. The Balaban J connectivity index is 2.18. The third kappa shape index (κ3) is 3.29. The molecule has 19 heavy (non-hydrogen) atoms. The van der Waals surface area contributed by atoms with E-state index >= 15 is 0 Å². The van der Waals surface area contributed by atoms with E-state index < -0.39 is 0 Å². The van der Waals surface area contributed by atoms with E-state index in [0.29, 0.717) is 6.42 Å². The van der Waals surface area contributed by atoms with Crippen LogP contribution >= 0.6 is 15.9 Å². The summed E-state index contributed by atoms with van der Waals surface area (Å²) in [5.74, 6) is 0.107. The molecule has 0 aliphatic heterocycles. The van der Waals surface area contributed by atoms with Crippen molar-refractivity contribution in [2.45, 2.75) is 26.7 Å². The zero-order chi connectivity index (χ0) is 13.8. The minimum atomic E-state index is 0.107. The van der Waals surface area contributed by atoms with Crippen LogP contribution in [0.3, 0.4) is 0 Å². The number of nitrogens with zero attached hydrogens (tertiary/aromatic N) is 1. The van der Waals surface area contributed by atoms with Crippen molar-refractivity contribution in [3.05, 3.63) is 63.4 Å². The lowest BCUT2D eigenvalue weighted by molar-refractivity contribution is 0.0991. The Hall–Kier alpha value is -1.48. The van der Waals surface area contributed by atoms with Gasteiger partial charge in [-0.15, -0.1) is 0 Å². The summed E-state index contributed by atoms with van der Waals surface area (Å²) in [6, 6.07) is 9.66. The second-order valence-electron chi connectivity index (χ2n) is 4.52. The van der Waals surface area contributed by atoms with E-state index in [9.17, 15) is 4.79 Å². The van der Waals surface area contributed by atoms with Gasteiger partial charge in [0.05, 0.1) is 6.42 Å². The van der Waals surface area contributed by atoms with Crippen LogP contribution in [0, 0.1) is 6.92 Å². The molecule has 0 N–H and O–H groups in total. The molecule has 2 aromatic rings. The Morgan fingerprint density at radius 1 is 1.26 bits per heavy atom. The van der Waals surface area contributed by atoms with Crippen molar-refractivity contribution in [3.8, 4) is 0 Å². The number of hydrogen-bond acceptors (Lipinski definition) is 2. The van der Waals surface area contributed by atoms with Gasteiger partial charge in [0.15, 0.2) is 5.78 Å². The summed E-state index contributed by atoms with van der Waals surface area (Å²) in [7, 11) is 0. The average Bonchev–Trinajstić information content (AvgIpc) is 2.42. The molecule has 0 fully saturated rings. The number of halogens is 1. The first-order valence-electron chi connectivity index (χ1n) is 6.34. The first-order chi connectivity index (χ1) is 9.11. The fourth-order valence-electron chi connectivity index (χ4n) is 1.94. The van der Waals surface area contributed by atoms with Crippen LogP contribution in [0.2, 0.25) is 0 Å². The van der Waals surface area contributed by atoms with Gasteiger partial charge in [-0.05, 0) is 36.6 Å². The highest BCUT2D eigenvalue weighted by Crippen LogP contribution is 2.20. The normalized spacial score (nSPS) is 10.5. The maximum atomic E-state index is 12.3. The summed E-state index contributed by atoms with van der Waals surface area (Å²) >= 11 is 3.45. The Bertz CT molecular complexity index is 590. The van der Waals surface area contributed by atoms with Gasteiger partial charge < -0.3 is 0 Å². The summed E-state index contributed by atoms with van der Waals surface area (Å²) in [4.78, 5) is 16.6. The van der Waals surface area contributed by atoms with Crippen LogP contribution < -0.4 is 0 Å². The van der Waals surface area contributed by atoms with Crippen LogP contribution in [-0.4, -0.2) is 10.8 Å². The molecule has 3 heteroatoms. The van der Waals surface area contributed by atoms with Crippen molar-refractivity contribution in [3.63, 3.8) is 0 Å². The second kappa shape index (κ2) is 6.11. The molecule has 1 heterocycles. The highest BCUT2D eigenvalue weighted by atomic mass is 79.9. The molecular formula is C16H16BrNO. The van der Waals surface area contributed by atoms with Crippen LogP contribution in [-0.2, 0) is 12.8 Å². The zero-order valence-corrected chi connectivity index (χ0v) is 12.7. The summed E-state index contributed by atoms with van der Waals surface area (Å²) in [6.07, 6.45) is 3.16. The molecule has 2 nitrogen and oxygen atoms in total. The first-order valence-corrected chi connectivity index (χ1v) is 7.13. The molecule has 98 valence electrons. The fraction of sp³-hybridized carbons (Fsp3) is 0.250. The summed E-state index contributed by atoms with van der Waals surface area (Å²) in [6.45, 7) is 4.04. The van der Waals surface area contributed by atoms with Gasteiger partial charge in [0.1, 0.15) is 0 Å². The van der Waals surface area contributed by atoms with Crippen molar-refractivity contribution in [1.82, 2.24) is 4.98 Å². The molecule has 1 aromatic heterocycles. The lowest BCUT2D eigenvalue weighted by Gasteiger charge is -2.06. The molecular weight excluding hydrogens is 302 g/mol. The Morgan fingerprint density at radius 2 is 2.05 bits per heavy atom. The number of aromatic nitrogens is 1. The van der Waals surface area contributed by atoms with E-state index in [1.165, 1.54) is 5.56 Å². The van der Waals surface area contributed by atoms with Gasteiger partial charge in [0, 0.05) is 21.9 Å². The van der Waals surface area contributed by atoms with Gasteiger partial charge in [-0.1, -0.05) is 41.1 Å². The Morgan fingerprint density at radius 3 is 2.68 bits per heavy atom. The molecule has 0 saturated heterocycles. The molecule has 1 aromatic carbocycles. The molecule has 0 saturated carbocycles. The van der Waals surface area contributed by atoms with Crippen molar-refractivity contribution >= 4 is 21.7 Å². The van der Waals surface area contributed by atoms with E-state index in [2.05, 4.69) is 27.8 Å².